The monoisotopic (exact) mass is 371 g/mol. The molecule has 0 aliphatic heterocycles. The molecule has 2 amide bonds. The minimum absolute atomic E-state index is 0.0491. The molecule has 1 aliphatic carbocycles. The number of aryl methyl sites for hydroxylation is 1. The van der Waals surface area contributed by atoms with Crippen molar-refractivity contribution in [2.75, 3.05) is 10.6 Å². The van der Waals surface area contributed by atoms with Gasteiger partial charge in [0.05, 0.1) is 11.3 Å². The Kier molecular flexibility index (Phi) is 5.63. The van der Waals surface area contributed by atoms with Crippen LogP contribution in [0, 0.1) is 19.7 Å². The number of carbonyl (C=O) groups excluding carboxylic acids is 2. The highest BCUT2D eigenvalue weighted by atomic mass is 19.1. The van der Waals surface area contributed by atoms with Gasteiger partial charge in [0, 0.05) is 30.0 Å². The summed E-state index contributed by atoms with van der Waals surface area (Å²) in [5.74, 6) is -1.14. The lowest BCUT2D eigenvalue weighted by Gasteiger charge is -2.26. The van der Waals surface area contributed by atoms with Crippen molar-refractivity contribution < 1.29 is 14.0 Å². The molecule has 0 radical (unpaired) electrons. The van der Waals surface area contributed by atoms with E-state index in [0.29, 0.717) is 17.3 Å². The molecule has 1 saturated carbocycles. The molecule has 0 bridgehead atoms. The minimum Gasteiger partial charge on any atom is -0.345 e. The summed E-state index contributed by atoms with van der Waals surface area (Å²) < 4.78 is 16.1. The molecule has 1 aromatic carbocycles. The Morgan fingerprint density at radius 3 is 2.44 bits per heavy atom. The number of hydrogen-bond donors (Lipinski definition) is 2. The standard InChI is InChI=1S/C21H26FN3O2/c1-13-11-18(14(2)25(13)17-7-5-4-6-8-17)21(27)24-16-9-10-19(22)20(12-16)23-15(3)26/h9-12,17H,4-8H2,1-3H3,(H,23,26)(H,24,27). The highest BCUT2D eigenvalue weighted by Crippen LogP contribution is 2.32. The van der Waals surface area contributed by atoms with Crippen LogP contribution in [0.25, 0.3) is 0 Å². The predicted molar refractivity (Wildman–Crippen MR) is 105 cm³/mol. The smallest absolute Gasteiger partial charge is 0.257 e. The zero-order chi connectivity index (χ0) is 19.6. The molecule has 5 nitrogen and oxygen atoms in total. The number of rotatable bonds is 4. The maximum Gasteiger partial charge on any atom is 0.257 e. The van der Waals surface area contributed by atoms with Gasteiger partial charge >= 0.3 is 0 Å². The van der Waals surface area contributed by atoms with Gasteiger partial charge in [-0.15, -0.1) is 0 Å². The van der Waals surface area contributed by atoms with E-state index in [1.807, 2.05) is 19.9 Å². The molecule has 1 heterocycles. The number of nitrogens with zero attached hydrogens (tertiary/aromatic N) is 1. The Hall–Kier alpha value is -2.63. The highest BCUT2D eigenvalue weighted by Gasteiger charge is 2.22. The number of amides is 2. The second-order valence-electron chi connectivity index (χ2n) is 7.28. The molecular weight excluding hydrogens is 345 g/mol. The first-order chi connectivity index (χ1) is 12.9. The zero-order valence-corrected chi connectivity index (χ0v) is 16.1. The summed E-state index contributed by atoms with van der Waals surface area (Å²) in [6.45, 7) is 5.32. The summed E-state index contributed by atoms with van der Waals surface area (Å²) in [4.78, 5) is 24.0. The quantitative estimate of drug-likeness (QED) is 0.798. The largest absolute Gasteiger partial charge is 0.345 e. The molecule has 3 rings (SSSR count). The Morgan fingerprint density at radius 2 is 1.78 bits per heavy atom. The Balaban J connectivity index is 1.81. The van der Waals surface area contributed by atoms with Crippen LogP contribution < -0.4 is 10.6 Å². The molecule has 144 valence electrons. The fourth-order valence-corrected chi connectivity index (χ4v) is 4.00. The van der Waals surface area contributed by atoms with E-state index in [1.54, 1.807) is 0 Å². The number of benzene rings is 1. The Labute approximate surface area is 159 Å². The number of halogens is 1. The van der Waals surface area contributed by atoms with Gasteiger partial charge in [-0.05, 0) is 51.0 Å². The summed E-state index contributed by atoms with van der Waals surface area (Å²) in [5, 5.41) is 5.24. The summed E-state index contributed by atoms with van der Waals surface area (Å²) in [7, 11) is 0. The van der Waals surface area contributed by atoms with Gasteiger partial charge in [-0.25, -0.2) is 4.39 Å². The van der Waals surface area contributed by atoms with E-state index in [-0.39, 0.29) is 17.5 Å². The SMILES string of the molecule is CC(=O)Nc1cc(NC(=O)c2cc(C)n(C3CCCCC3)c2C)ccc1F. The molecule has 0 spiro atoms. The second kappa shape index (κ2) is 7.94. The molecule has 0 atom stereocenters. The molecule has 0 saturated heterocycles. The van der Waals surface area contributed by atoms with Crippen molar-refractivity contribution in [3.63, 3.8) is 0 Å². The van der Waals surface area contributed by atoms with Crippen LogP contribution in [-0.4, -0.2) is 16.4 Å². The van der Waals surface area contributed by atoms with Crippen LogP contribution in [-0.2, 0) is 4.79 Å². The third-order valence-electron chi connectivity index (χ3n) is 5.20. The van der Waals surface area contributed by atoms with Crippen molar-refractivity contribution in [2.24, 2.45) is 0 Å². The first kappa shape index (κ1) is 19.1. The van der Waals surface area contributed by atoms with Crippen LogP contribution in [0.15, 0.2) is 24.3 Å². The lowest BCUT2D eigenvalue weighted by Crippen LogP contribution is -2.17. The number of nitrogens with one attached hydrogen (secondary N) is 2. The highest BCUT2D eigenvalue weighted by molar-refractivity contribution is 6.05. The van der Waals surface area contributed by atoms with Crippen molar-refractivity contribution in [3.05, 3.63) is 47.0 Å². The van der Waals surface area contributed by atoms with Crippen LogP contribution in [0.2, 0.25) is 0 Å². The van der Waals surface area contributed by atoms with E-state index < -0.39 is 5.82 Å². The topological polar surface area (TPSA) is 63.1 Å². The predicted octanol–water partition coefficient (Wildman–Crippen LogP) is 4.96. The molecule has 1 fully saturated rings. The first-order valence-electron chi connectivity index (χ1n) is 9.43. The molecule has 2 aromatic rings. The normalized spacial score (nSPS) is 14.8. The molecule has 0 unspecified atom stereocenters. The third-order valence-corrected chi connectivity index (χ3v) is 5.20. The zero-order valence-electron chi connectivity index (χ0n) is 16.1. The fourth-order valence-electron chi connectivity index (χ4n) is 4.00. The van der Waals surface area contributed by atoms with Crippen LogP contribution in [0.4, 0.5) is 15.8 Å². The summed E-state index contributed by atoms with van der Waals surface area (Å²) in [6, 6.07) is 6.51. The van der Waals surface area contributed by atoms with Crippen molar-refractivity contribution in [1.29, 1.82) is 0 Å². The van der Waals surface area contributed by atoms with E-state index >= 15 is 0 Å². The van der Waals surface area contributed by atoms with Crippen molar-refractivity contribution in [1.82, 2.24) is 4.57 Å². The number of anilines is 2. The van der Waals surface area contributed by atoms with Gasteiger partial charge in [-0.3, -0.25) is 9.59 Å². The van der Waals surface area contributed by atoms with Crippen molar-refractivity contribution >= 4 is 23.2 Å². The molecule has 27 heavy (non-hydrogen) atoms. The first-order valence-corrected chi connectivity index (χ1v) is 9.43. The molecule has 6 heteroatoms. The van der Waals surface area contributed by atoms with Gasteiger partial charge in [0.25, 0.3) is 5.91 Å². The van der Waals surface area contributed by atoms with E-state index in [9.17, 15) is 14.0 Å². The summed E-state index contributed by atoms with van der Waals surface area (Å²) >= 11 is 0. The second-order valence-corrected chi connectivity index (χ2v) is 7.28. The third kappa shape index (κ3) is 4.21. The molecule has 1 aliphatic rings. The van der Waals surface area contributed by atoms with Gasteiger partial charge in [0.1, 0.15) is 5.82 Å². The molecule has 2 N–H and O–H groups in total. The van der Waals surface area contributed by atoms with E-state index in [4.69, 9.17) is 0 Å². The number of hydrogen-bond acceptors (Lipinski definition) is 2. The van der Waals surface area contributed by atoms with Gasteiger partial charge in [0.2, 0.25) is 5.91 Å². The van der Waals surface area contributed by atoms with E-state index in [1.165, 1.54) is 44.4 Å². The van der Waals surface area contributed by atoms with Crippen LogP contribution in [0.1, 0.15) is 66.8 Å². The van der Waals surface area contributed by atoms with Crippen molar-refractivity contribution in [2.45, 2.75) is 58.9 Å². The summed E-state index contributed by atoms with van der Waals surface area (Å²) in [5.41, 5.74) is 3.16. The number of carbonyl (C=O) groups is 2. The fraction of sp³-hybridized carbons (Fsp3) is 0.429. The van der Waals surface area contributed by atoms with Gasteiger partial charge in [-0.2, -0.15) is 0 Å². The molecular formula is C21H26FN3O2. The van der Waals surface area contributed by atoms with Gasteiger partial charge in [-0.1, -0.05) is 19.3 Å². The van der Waals surface area contributed by atoms with Crippen LogP contribution in [0.3, 0.4) is 0 Å². The van der Waals surface area contributed by atoms with Gasteiger partial charge in [0.15, 0.2) is 0 Å². The van der Waals surface area contributed by atoms with Crippen LogP contribution >= 0.6 is 0 Å². The minimum atomic E-state index is -0.543. The molecule has 1 aromatic heterocycles. The Morgan fingerprint density at radius 1 is 1.07 bits per heavy atom. The number of aromatic nitrogens is 1. The van der Waals surface area contributed by atoms with Gasteiger partial charge < -0.3 is 15.2 Å². The van der Waals surface area contributed by atoms with Crippen LogP contribution in [0.5, 0.6) is 0 Å². The summed E-state index contributed by atoms with van der Waals surface area (Å²) in [6.07, 6.45) is 6.03. The van der Waals surface area contributed by atoms with Crippen molar-refractivity contribution in [3.8, 4) is 0 Å². The maximum atomic E-state index is 13.8. The van der Waals surface area contributed by atoms with E-state index in [0.717, 1.165) is 24.2 Å². The lowest BCUT2D eigenvalue weighted by atomic mass is 9.95. The lowest BCUT2D eigenvalue weighted by molar-refractivity contribution is -0.114. The van der Waals surface area contributed by atoms with E-state index in [2.05, 4.69) is 15.2 Å². The average Bonchev–Trinajstić information content (AvgIpc) is 2.92. The Bertz CT molecular complexity index is 867. The maximum absolute atomic E-state index is 13.8. The average molecular weight is 371 g/mol.